The molecule has 4 aromatic rings. The fourth-order valence-corrected chi connectivity index (χ4v) is 10.6. The fourth-order valence-electron chi connectivity index (χ4n) is 4.48. The zero-order valence-corrected chi connectivity index (χ0v) is 26.4. The van der Waals surface area contributed by atoms with Crippen molar-refractivity contribution < 1.29 is 0 Å². The summed E-state index contributed by atoms with van der Waals surface area (Å²) in [4.78, 5) is 0. The van der Waals surface area contributed by atoms with Gasteiger partial charge in [-0.15, -0.1) is 0 Å². The summed E-state index contributed by atoms with van der Waals surface area (Å²) in [6, 6.07) is 36.0. The minimum absolute atomic E-state index is 0.459. The average molecular weight is 732 g/mol. The zero-order chi connectivity index (χ0) is 25.8. The molecule has 0 spiro atoms. The van der Waals surface area contributed by atoms with Crippen molar-refractivity contribution in [3.05, 3.63) is 119 Å². The van der Waals surface area contributed by atoms with E-state index in [4.69, 9.17) is 0 Å². The van der Waals surface area contributed by atoms with Crippen molar-refractivity contribution in [2.75, 3.05) is 26.2 Å². The van der Waals surface area contributed by atoms with Crippen LogP contribution in [0.3, 0.4) is 0 Å². The van der Waals surface area contributed by atoms with Crippen LogP contribution in [0.5, 0.6) is 0 Å². The van der Waals surface area contributed by atoms with Crippen molar-refractivity contribution in [3.63, 3.8) is 0 Å². The van der Waals surface area contributed by atoms with E-state index in [1.165, 1.54) is 36.7 Å². The van der Waals surface area contributed by atoms with Crippen LogP contribution >= 0.6 is 0 Å². The Morgan fingerprint density at radius 2 is 0.579 bits per heavy atom. The van der Waals surface area contributed by atoms with Gasteiger partial charge in [0, 0.05) is 0 Å². The molecule has 4 aromatic carbocycles. The molecule has 6 heteroatoms. The molecule has 0 amide bonds. The van der Waals surface area contributed by atoms with E-state index in [0.29, 0.717) is 0 Å². The Morgan fingerprint density at radius 1 is 0.342 bits per heavy atom. The van der Waals surface area contributed by atoms with Crippen LogP contribution in [0.1, 0.15) is 22.3 Å². The molecule has 0 saturated carbocycles. The Hall–Kier alpha value is -1.70. The summed E-state index contributed by atoms with van der Waals surface area (Å²) in [6.07, 6.45) is 0. The van der Waals surface area contributed by atoms with Crippen LogP contribution in [0.15, 0.2) is 97.1 Å². The molecular formula is C32H36N4Te2. The van der Waals surface area contributed by atoms with Crippen LogP contribution in [0.25, 0.3) is 0 Å². The van der Waals surface area contributed by atoms with Gasteiger partial charge in [-0.1, -0.05) is 0 Å². The summed E-state index contributed by atoms with van der Waals surface area (Å²) < 4.78 is 6.14. The van der Waals surface area contributed by atoms with Crippen LogP contribution in [0.4, 0.5) is 0 Å². The van der Waals surface area contributed by atoms with Gasteiger partial charge in [-0.05, 0) is 0 Å². The second-order valence-corrected chi connectivity index (χ2v) is 15.5. The third-order valence-corrected chi connectivity index (χ3v) is 13.6. The number of benzene rings is 4. The van der Waals surface area contributed by atoms with E-state index < -0.39 is 41.8 Å². The normalized spacial score (nSPS) is 16.0. The molecule has 0 aliphatic carbocycles. The number of hydrogen-bond acceptors (Lipinski definition) is 4. The molecular weight excluding hydrogens is 696 g/mol. The molecule has 5 rings (SSSR count). The van der Waals surface area contributed by atoms with Crippen LogP contribution in [-0.2, 0) is 26.2 Å². The molecule has 4 N–H and O–H groups in total. The maximum atomic E-state index is 3.69. The van der Waals surface area contributed by atoms with Gasteiger partial charge in [0.1, 0.15) is 0 Å². The van der Waals surface area contributed by atoms with Crippen molar-refractivity contribution in [3.8, 4) is 0 Å². The summed E-state index contributed by atoms with van der Waals surface area (Å²) in [7, 11) is 0. The molecule has 0 bridgehead atoms. The first-order valence-corrected chi connectivity index (χ1v) is 18.0. The first kappa shape index (κ1) is 27.9. The van der Waals surface area contributed by atoms with E-state index in [1.54, 1.807) is 0 Å². The van der Waals surface area contributed by atoms with Gasteiger partial charge in [0.2, 0.25) is 0 Å². The molecule has 0 radical (unpaired) electrons. The van der Waals surface area contributed by atoms with Gasteiger partial charge in [-0.2, -0.15) is 0 Å². The third-order valence-electron chi connectivity index (χ3n) is 6.55. The van der Waals surface area contributed by atoms with Crippen LogP contribution in [-0.4, -0.2) is 68.0 Å². The second-order valence-electron chi connectivity index (χ2n) is 9.34. The molecule has 0 fully saturated rings. The Balaban J connectivity index is 1.32. The van der Waals surface area contributed by atoms with E-state index in [-0.39, 0.29) is 0 Å². The monoisotopic (exact) mass is 736 g/mol. The SMILES string of the molecule is c1ccc2c(c1)CNCCNCc1ccccc1[Te]c1ccccc1CNCCNCc1ccccc1[Te]2. The molecule has 1 heterocycles. The summed E-state index contributed by atoms with van der Waals surface area (Å²) in [5, 5.41) is 14.7. The van der Waals surface area contributed by atoms with E-state index in [1.807, 2.05) is 0 Å². The van der Waals surface area contributed by atoms with Crippen LogP contribution < -0.4 is 35.7 Å². The van der Waals surface area contributed by atoms with Gasteiger partial charge in [0.05, 0.1) is 0 Å². The predicted molar refractivity (Wildman–Crippen MR) is 163 cm³/mol. The molecule has 0 saturated heterocycles. The summed E-state index contributed by atoms with van der Waals surface area (Å²) in [5.41, 5.74) is 5.77. The second kappa shape index (κ2) is 15.2. The number of nitrogens with one attached hydrogen (secondary N) is 4. The van der Waals surface area contributed by atoms with Crippen molar-refractivity contribution in [2.24, 2.45) is 0 Å². The molecule has 196 valence electrons. The molecule has 0 unspecified atom stereocenters. The molecule has 1 aliphatic rings. The van der Waals surface area contributed by atoms with Crippen molar-refractivity contribution in [1.29, 1.82) is 0 Å². The van der Waals surface area contributed by atoms with Gasteiger partial charge in [0.25, 0.3) is 0 Å². The molecule has 1 aliphatic heterocycles. The topological polar surface area (TPSA) is 48.1 Å². The minimum atomic E-state index is -0.459. The van der Waals surface area contributed by atoms with Crippen LogP contribution in [0.2, 0.25) is 0 Å². The Kier molecular flexibility index (Phi) is 11.1. The fraction of sp³-hybridized carbons (Fsp3) is 0.250. The maximum absolute atomic E-state index is 3.69. The van der Waals surface area contributed by atoms with Gasteiger partial charge < -0.3 is 0 Å². The van der Waals surface area contributed by atoms with Crippen molar-refractivity contribution in [1.82, 2.24) is 21.3 Å². The molecule has 4 nitrogen and oxygen atoms in total. The van der Waals surface area contributed by atoms with E-state index in [2.05, 4.69) is 118 Å². The van der Waals surface area contributed by atoms with Gasteiger partial charge in [-0.25, -0.2) is 0 Å². The third kappa shape index (κ3) is 8.15. The summed E-state index contributed by atoms with van der Waals surface area (Å²) >= 11 is -0.917. The quantitative estimate of drug-likeness (QED) is 0.205. The van der Waals surface area contributed by atoms with Gasteiger partial charge in [0.15, 0.2) is 0 Å². The van der Waals surface area contributed by atoms with Gasteiger partial charge >= 0.3 is 249 Å². The molecule has 0 atom stereocenters. The van der Waals surface area contributed by atoms with Crippen molar-refractivity contribution >= 4 is 56.3 Å². The van der Waals surface area contributed by atoms with Crippen LogP contribution in [0, 0.1) is 0 Å². The Labute approximate surface area is 247 Å². The zero-order valence-electron chi connectivity index (χ0n) is 21.7. The van der Waals surface area contributed by atoms with E-state index in [9.17, 15) is 0 Å². The molecule has 38 heavy (non-hydrogen) atoms. The Bertz CT molecular complexity index is 1110. The summed E-state index contributed by atoms with van der Waals surface area (Å²) in [6.45, 7) is 7.54. The molecule has 0 aromatic heterocycles. The number of fused-ring (bicyclic) bond motifs is 4. The van der Waals surface area contributed by atoms with Crippen molar-refractivity contribution in [2.45, 2.75) is 26.2 Å². The predicted octanol–water partition coefficient (Wildman–Crippen LogP) is 1.07. The number of hydrogen-bond donors (Lipinski definition) is 4. The van der Waals surface area contributed by atoms with Gasteiger partial charge in [-0.3, -0.25) is 0 Å². The summed E-state index contributed by atoms with van der Waals surface area (Å²) in [5.74, 6) is 0. The average Bonchev–Trinajstić information content (AvgIpc) is 2.95. The first-order chi connectivity index (χ1) is 18.9. The van der Waals surface area contributed by atoms with E-state index >= 15 is 0 Å². The number of rotatable bonds is 0. The standard InChI is InChI=1S/C32H36N4Te2/c1-5-13-29-25(9-1)21-33-17-18-34-23-27-11-3-7-15-31(27)38-32-16-8-4-12-28(32)24-36-20-19-35-22-26-10-2-6-14-30(26)37-29/h1-16,33-36H,17-24H2. The first-order valence-electron chi connectivity index (χ1n) is 13.4. The Morgan fingerprint density at radius 3 is 0.842 bits per heavy atom. The van der Waals surface area contributed by atoms with E-state index in [0.717, 1.165) is 52.4 Å².